The van der Waals surface area contributed by atoms with E-state index < -0.39 is 5.82 Å². The van der Waals surface area contributed by atoms with Gasteiger partial charge >= 0.3 is 0 Å². The van der Waals surface area contributed by atoms with E-state index >= 15 is 0 Å². The van der Waals surface area contributed by atoms with E-state index in [1.165, 1.54) is 35.8 Å². The van der Waals surface area contributed by atoms with Crippen LogP contribution in [0.2, 0.25) is 10.0 Å². The Balaban J connectivity index is 1.52. The molecule has 138 valence electrons. The van der Waals surface area contributed by atoms with E-state index in [1.54, 1.807) is 18.3 Å². The highest BCUT2D eigenvalue weighted by Gasteiger charge is 2.11. The number of benzene rings is 2. The molecule has 0 bridgehead atoms. The second-order valence-corrected chi connectivity index (χ2v) is 7.34. The van der Waals surface area contributed by atoms with Gasteiger partial charge in [0, 0.05) is 22.3 Å². The lowest BCUT2D eigenvalue weighted by molar-refractivity contribution is 0.0999. The predicted molar refractivity (Wildman–Crippen MR) is 106 cm³/mol. The molecule has 27 heavy (non-hydrogen) atoms. The molecule has 2 aromatic carbocycles. The van der Waals surface area contributed by atoms with E-state index in [0.717, 1.165) is 10.6 Å². The summed E-state index contributed by atoms with van der Waals surface area (Å²) >= 11 is 13.1. The minimum absolute atomic E-state index is 0.0827. The van der Waals surface area contributed by atoms with Gasteiger partial charge in [-0.1, -0.05) is 46.6 Å². The van der Waals surface area contributed by atoms with Gasteiger partial charge in [0.25, 0.3) is 0 Å². The first-order valence-electron chi connectivity index (χ1n) is 7.85. The minimum atomic E-state index is -0.416. The van der Waals surface area contributed by atoms with Crippen molar-refractivity contribution in [3.63, 3.8) is 0 Å². The summed E-state index contributed by atoms with van der Waals surface area (Å²) < 4.78 is 13.0. The maximum absolute atomic E-state index is 13.0. The van der Waals surface area contributed by atoms with Crippen LogP contribution < -0.4 is 0 Å². The first kappa shape index (κ1) is 19.5. The molecule has 3 rings (SSSR count). The Morgan fingerprint density at radius 3 is 2.74 bits per heavy atom. The molecule has 0 fully saturated rings. The van der Waals surface area contributed by atoms with Gasteiger partial charge in [-0.15, -0.1) is 11.3 Å². The molecule has 0 unspecified atom stereocenters. The lowest BCUT2D eigenvalue weighted by atomic mass is 10.2. The minimum Gasteiger partial charge on any atom is -0.391 e. The summed E-state index contributed by atoms with van der Waals surface area (Å²) in [5.74, 6) is -0.528. The van der Waals surface area contributed by atoms with E-state index in [-0.39, 0.29) is 23.8 Å². The van der Waals surface area contributed by atoms with Crippen molar-refractivity contribution in [3.05, 3.63) is 75.0 Å². The zero-order chi connectivity index (χ0) is 19.2. The molecular formula is C19H13Cl2FN2O2S. The molecule has 0 spiro atoms. The van der Waals surface area contributed by atoms with Crippen LogP contribution in [-0.2, 0) is 11.4 Å². The number of halogens is 3. The third kappa shape index (κ3) is 5.35. The number of oxime groups is 1. The van der Waals surface area contributed by atoms with E-state index in [1.807, 2.05) is 12.1 Å². The topological polar surface area (TPSA) is 51.5 Å². The van der Waals surface area contributed by atoms with Gasteiger partial charge < -0.3 is 4.84 Å². The molecule has 0 N–H and O–H groups in total. The zero-order valence-electron chi connectivity index (χ0n) is 13.9. The first-order valence-corrected chi connectivity index (χ1v) is 9.43. The predicted octanol–water partition coefficient (Wildman–Crippen LogP) is 6.03. The molecule has 0 saturated carbocycles. The van der Waals surface area contributed by atoms with Crippen molar-refractivity contribution in [3.8, 4) is 10.6 Å². The van der Waals surface area contributed by atoms with Crippen LogP contribution in [0.5, 0.6) is 0 Å². The second kappa shape index (κ2) is 9.08. The van der Waals surface area contributed by atoms with Crippen molar-refractivity contribution in [1.82, 2.24) is 4.98 Å². The standard InChI is InChI=1S/C19H13Cl2FN2O2S/c20-14-4-1-12(2-5-14)19-23-10-18(27-19)17(25)7-8-24-26-11-13-3-6-15(22)9-16(13)21/h1-6,8-10H,7,11H2/b24-8-. The summed E-state index contributed by atoms with van der Waals surface area (Å²) in [6, 6.07) is 11.3. The number of aromatic nitrogens is 1. The summed E-state index contributed by atoms with van der Waals surface area (Å²) in [6.45, 7) is 0.0884. The summed E-state index contributed by atoms with van der Waals surface area (Å²) in [5.41, 5.74) is 1.51. The largest absolute Gasteiger partial charge is 0.391 e. The molecule has 0 aliphatic heterocycles. The van der Waals surface area contributed by atoms with Gasteiger partial charge in [0.1, 0.15) is 17.4 Å². The van der Waals surface area contributed by atoms with Crippen LogP contribution in [0.15, 0.2) is 53.8 Å². The van der Waals surface area contributed by atoms with Crippen LogP contribution in [0.3, 0.4) is 0 Å². The average Bonchev–Trinajstić information content (AvgIpc) is 3.14. The molecule has 0 amide bonds. The number of ketones is 1. The van der Waals surface area contributed by atoms with Crippen LogP contribution in [-0.4, -0.2) is 17.0 Å². The molecule has 3 aromatic rings. The van der Waals surface area contributed by atoms with Gasteiger partial charge in [-0.2, -0.15) is 0 Å². The number of hydrogen-bond donors (Lipinski definition) is 0. The second-order valence-electron chi connectivity index (χ2n) is 5.46. The molecular weight excluding hydrogens is 410 g/mol. The van der Waals surface area contributed by atoms with Gasteiger partial charge in [-0.3, -0.25) is 4.79 Å². The number of thiazole rings is 1. The quantitative estimate of drug-likeness (QED) is 0.265. The fraction of sp³-hybridized carbons (Fsp3) is 0.105. The van der Waals surface area contributed by atoms with Gasteiger partial charge in [0.15, 0.2) is 5.78 Å². The normalized spacial score (nSPS) is 11.1. The summed E-state index contributed by atoms with van der Waals surface area (Å²) in [7, 11) is 0. The third-order valence-electron chi connectivity index (χ3n) is 3.53. The molecule has 0 saturated heterocycles. The SMILES string of the molecule is O=C(C/C=N\OCc1ccc(F)cc1Cl)c1cnc(-c2ccc(Cl)cc2)s1. The van der Waals surface area contributed by atoms with Crippen molar-refractivity contribution in [2.75, 3.05) is 0 Å². The van der Waals surface area contributed by atoms with Crippen molar-refractivity contribution in [1.29, 1.82) is 0 Å². The van der Waals surface area contributed by atoms with E-state index in [2.05, 4.69) is 10.1 Å². The molecule has 0 aliphatic rings. The van der Waals surface area contributed by atoms with Crippen LogP contribution in [0.1, 0.15) is 21.7 Å². The van der Waals surface area contributed by atoms with Crippen LogP contribution >= 0.6 is 34.5 Å². The van der Waals surface area contributed by atoms with E-state index in [0.29, 0.717) is 15.5 Å². The highest BCUT2D eigenvalue weighted by Crippen LogP contribution is 2.27. The smallest absolute Gasteiger partial charge is 0.179 e. The Hall–Kier alpha value is -2.28. The van der Waals surface area contributed by atoms with E-state index in [4.69, 9.17) is 28.0 Å². The fourth-order valence-corrected chi connectivity index (χ4v) is 3.37. The number of carbonyl (C=O) groups excluding carboxylic acids is 1. The average molecular weight is 423 g/mol. The van der Waals surface area contributed by atoms with Gasteiger partial charge in [0.05, 0.1) is 22.5 Å². The number of Topliss-reactive ketones (excluding diaryl/α,β-unsaturated/α-hetero) is 1. The lowest BCUT2D eigenvalue weighted by Crippen LogP contribution is -1.97. The molecule has 0 aliphatic carbocycles. The van der Waals surface area contributed by atoms with Crippen molar-refractivity contribution < 1.29 is 14.0 Å². The molecule has 8 heteroatoms. The monoisotopic (exact) mass is 422 g/mol. The highest BCUT2D eigenvalue weighted by atomic mass is 35.5. The summed E-state index contributed by atoms with van der Waals surface area (Å²) in [5, 5.41) is 5.39. The number of carbonyl (C=O) groups is 1. The first-order chi connectivity index (χ1) is 13.0. The Morgan fingerprint density at radius 2 is 2.00 bits per heavy atom. The van der Waals surface area contributed by atoms with Crippen molar-refractivity contribution >= 4 is 46.5 Å². The number of hydrogen-bond acceptors (Lipinski definition) is 5. The Bertz CT molecular complexity index is 974. The number of rotatable bonds is 7. The van der Waals surface area contributed by atoms with Crippen LogP contribution in [0.25, 0.3) is 10.6 Å². The summed E-state index contributed by atoms with van der Waals surface area (Å²) in [6.07, 6.45) is 3.00. The van der Waals surface area contributed by atoms with Crippen molar-refractivity contribution in [2.45, 2.75) is 13.0 Å². The van der Waals surface area contributed by atoms with Gasteiger partial charge in [-0.05, 0) is 24.3 Å². The Kier molecular flexibility index (Phi) is 6.55. The highest BCUT2D eigenvalue weighted by molar-refractivity contribution is 7.17. The maximum atomic E-state index is 13.0. The van der Waals surface area contributed by atoms with Gasteiger partial charge in [0.2, 0.25) is 0 Å². The zero-order valence-corrected chi connectivity index (χ0v) is 16.2. The lowest BCUT2D eigenvalue weighted by Gasteiger charge is -2.02. The molecule has 1 aromatic heterocycles. The van der Waals surface area contributed by atoms with Crippen LogP contribution in [0.4, 0.5) is 4.39 Å². The fourth-order valence-electron chi connectivity index (χ4n) is 2.15. The molecule has 0 radical (unpaired) electrons. The van der Waals surface area contributed by atoms with Crippen LogP contribution in [0, 0.1) is 5.82 Å². The molecule has 4 nitrogen and oxygen atoms in total. The summed E-state index contributed by atoms with van der Waals surface area (Å²) in [4.78, 5) is 22.1. The third-order valence-corrected chi connectivity index (χ3v) is 5.22. The maximum Gasteiger partial charge on any atom is 0.179 e. The Labute approximate surface area is 169 Å². The van der Waals surface area contributed by atoms with Crippen molar-refractivity contribution in [2.24, 2.45) is 5.16 Å². The van der Waals surface area contributed by atoms with E-state index in [9.17, 15) is 9.18 Å². The Morgan fingerprint density at radius 1 is 1.22 bits per heavy atom. The molecule has 0 atom stereocenters. The van der Waals surface area contributed by atoms with Gasteiger partial charge in [-0.25, -0.2) is 9.37 Å². The number of nitrogens with zero attached hydrogens (tertiary/aromatic N) is 2. The molecule has 1 heterocycles.